The van der Waals surface area contributed by atoms with Crippen LogP contribution in [-0.2, 0) is 4.79 Å². The number of carboxylic acid groups (broad SMARTS) is 1. The normalized spacial score (nSPS) is 28.4. The molecule has 1 aliphatic carbocycles. The van der Waals surface area contributed by atoms with Crippen molar-refractivity contribution in [3.63, 3.8) is 0 Å². The first kappa shape index (κ1) is 7.88. The Hall–Kier alpha value is -1.22. The highest BCUT2D eigenvalue weighted by Crippen LogP contribution is 2.33. The minimum atomic E-state index is -0.734. The van der Waals surface area contributed by atoms with Gasteiger partial charge in [0.25, 0.3) is 0 Å². The van der Waals surface area contributed by atoms with Gasteiger partial charge in [0.2, 0.25) is 0 Å². The maximum absolute atomic E-state index is 10.3. The van der Waals surface area contributed by atoms with Gasteiger partial charge in [0.1, 0.15) is 0 Å². The number of hydrogen-bond donors (Lipinski definition) is 1. The molecule has 1 saturated carbocycles. The summed E-state index contributed by atoms with van der Waals surface area (Å²) in [4.78, 5) is 12.9. The molecule has 11 heavy (non-hydrogen) atoms. The molecule has 0 bridgehead atoms. The summed E-state index contributed by atoms with van der Waals surface area (Å²) in [6.07, 6.45) is 1.32. The summed E-state index contributed by atoms with van der Waals surface area (Å²) in [5.41, 5.74) is 7.95. The summed E-state index contributed by atoms with van der Waals surface area (Å²) in [7, 11) is 0. The van der Waals surface area contributed by atoms with Crippen LogP contribution in [0.15, 0.2) is 5.11 Å². The molecule has 0 radical (unpaired) electrons. The second-order valence-electron chi connectivity index (χ2n) is 2.79. The van der Waals surface area contributed by atoms with Gasteiger partial charge in [-0.05, 0) is 24.3 Å². The minimum Gasteiger partial charge on any atom is -0.481 e. The molecule has 5 nitrogen and oxygen atoms in total. The van der Waals surface area contributed by atoms with Crippen LogP contribution in [0.3, 0.4) is 0 Å². The number of carboxylic acids is 1. The first-order valence-corrected chi connectivity index (χ1v) is 3.47. The van der Waals surface area contributed by atoms with Gasteiger partial charge in [-0.1, -0.05) is 5.11 Å². The predicted molar refractivity (Wildman–Crippen MR) is 37.9 cm³/mol. The fourth-order valence-corrected chi connectivity index (χ4v) is 1.24. The molecule has 0 spiro atoms. The third-order valence-electron chi connectivity index (χ3n) is 1.99. The minimum absolute atomic E-state index is 0.200. The molecular formula is C6H9N3O2. The fraction of sp³-hybridized carbons (Fsp3) is 0.833. The molecule has 0 aliphatic heterocycles. The van der Waals surface area contributed by atoms with Crippen LogP contribution in [0.1, 0.15) is 12.8 Å². The van der Waals surface area contributed by atoms with Crippen molar-refractivity contribution in [3.8, 4) is 0 Å². The van der Waals surface area contributed by atoms with Crippen LogP contribution in [0.2, 0.25) is 0 Å². The molecule has 0 aromatic heterocycles. The number of carbonyl (C=O) groups is 1. The molecule has 60 valence electrons. The Bertz CT molecular complexity index is 204. The second-order valence-corrected chi connectivity index (χ2v) is 2.79. The summed E-state index contributed by atoms with van der Waals surface area (Å²) in [5, 5.41) is 11.8. The van der Waals surface area contributed by atoms with Crippen molar-refractivity contribution >= 4 is 5.97 Å². The highest BCUT2D eigenvalue weighted by molar-refractivity contribution is 5.71. The SMILES string of the molecule is [N-]=[N+]=NCC1CC(C(=O)O)C1. The maximum atomic E-state index is 10.3. The molecule has 0 aromatic carbocycles. The monoisotopic (exact) mass is 155 g/mol. The predicted octanol–water partition coefficient (Wildman–Crippen LogP) is 1.41. The van der Waals surface area contributed by atoms with Crippen molar-refractivity contribution in [1.82, 2.24) is 0 Å². The van der Waals surface area contributed by atoms with E-state index in [1.54, 1.807) is 0 Å². The smallest absolute Gasteiger partial charge is 0.306 e. The molecule has 5 heteroatoms. The molecule has 0 saturated heterocycles. The molecular weight excluding hydrogens is 146 g/mol. The molecule has 0 amide bonds. The molecule has 0 atom stereocenters. The molecule has 0 aromatic rings. The van der Waals surface area contributed by atoms with E-state index >= 15 is 0 Å². The number of aliphatic carboxylic acids is 1. The number of rotatable bonds is 3. The third kappa shape index (κ3) is 1.85. The topological polar surface area (TPSA) is 86.1 Å². The van der Waals surface area contributed by atoms with Gasteiger partial charge >= 0.3 is 5.97 Å². The summed E-state index contributed by atoms with van der Waals surface area (Å²) in [5.74, 6) is -0.636. The lowest BCUT2D eigenvalue weighted by atomic mass is 9.75. The van der Waals surface area contributed by atoms with Crippen LogP contribution >= 0.6 is 0 Å². The lowest BCUT2D eigenvalue weighted by molar-refractivity contribution is -0.146. The summed E-state index contributed by atoms with van der Waals surface area (Å²) >= 11 is 0. The lowest BCUT2D eigenvalue weighted by Crippen LogP contribution is -2.31. The summed E-state index contributed by atoms with van der Waals surface area (Å²) in [6.45, 7) is 0.445. The van der Waals surface area contributed by atoms with E-state index in [2.05, 4.69) is 10.0 Å². The standard InChI is InChI=1S/C6H9N3O2/c7-9-8-3-4-1-5(2-4)6(10)11/h4-5H,1-3H2,(H,10,11). The van der Waals surface area contributed by atoms with E-state index in [1.165, 1.54) is 0 Å². The zero-order valence-corrected chi connectivity index (χ0v) is 5.97. The largest absolute Gasteiger partial charge is 0.481 e. The average Bonchev–Trinajstić information content (AvgIpc) is 1.84. The summed E-state index contributed by atoms with van der Waals surface area (Å²) < 4.78 is 0. The van der Waals surface area contributed by atoms with E-state index < -0.39 is 5.97 Å². The fourth-order valence-electron chi connectivity index (χ4n) is 1.24. The van der Waals surface area contributed by atoms with E-state index in [0.717, 1.165) is 0 Å². The Kier molecular flexibility index (Phi) is 2.33. The van der Waals surface area contributed by atoms with Gasteiger partial charge in [-0.2, -0.15) is 0 Å². The van der Waals surface area contributed by atoms with Gasteiger partial charge in [0.05, 0.1) is 5.92 Å². The number of azide groups is 1. The molecule has 1 rings (SSSR count). The average molecular weight is 155 g/mol. The molecule has 0 heterocycles. The van der Waals surface area contributed by atoms with Crippen LogP contribution in [0.4, 0.5) is 0 Å². The van der Waals surface area contributed by atoms with Crippen LogP contribution in [0.25, 0.3) is 10.4 Å². The molecule has 1 aliphatic rings. The Labute approximate surface area is 63.6 Å². The second kappa shape index (κ2) is 3.25. The van der Waals surface area contributed by atoms with Gasteiger partial charge in [-0.25, -0.2) is 0 Å². The quantitative estimate of drug-likeness (QED) is 0.379. The van der Waals surface area contributed by atoms with E-state index in [1.807, 2.05) is 0 Å². The Morgan fingerprint density at radius 2 is 2.36 bits per heavy atom. The highest BCUT2D eigenvalue weighted by atomic mass is 16.4. The van der Waals surface area contributed by atoms with Crippen LogP contribution < -0.4 is 0 Å². The van der Waals surface area contributed by atoms with Gasteiger partial charge in [0.15, 0.2) is 0 Å². The van der Waals surface area contributed by atoms with Crippen LogP contribution in [0, 0.1) is 11.8 Å². The Morgan fingerprint density at radius 3 is 2.82 bits per heavy atom. The first-order chi connectivity index (χ1) is 5.24. The van der Waals surface area contributed by atoms with Crippen LogP contribution in [-0.4, -0.2) is 17.6 Å². The maximum Gasteiger partial charge on any atom is 0.306 e. The molecule has 0 unspecified atom stereocenters. The van der Waals surface area contributed by atoms with Crippen molar-refractivity contribution in [2.24, 2.45) is 17.0 Å². The van der Waals surface area contributed by atoms with Gasteiger partial charge < -0.3 is 5.11 Å². The van der Waals surface area contributed by atoms with Gasteiger partial charge in [-0.3, -0.25) is 4.79 Å². The molecule has 1 fully saturated rings. The van der Waals surface area contributed by atoms with E-state index in [4.69, 9.17) is 10.6 Å². The van der Waals surface area contributed by atoms with Gasteiger partial charge in [-0.15, -0.1) is 0 Å². The van der Waals surface area contributed by atoms with Crippen molar-refractivity contribution in [1.29, 1.82) is 0 Å². The zero-order chi connectivity index (χ0) is 8.27. The lowest BCUT2D eigenvalue weighted by Gasteiger charge is -2.30. The number of hydrogen-bond acceptors (Lipinski definition) is 2. The third-order valence-corrected chi connectivity index (χ3v) is 1.99. The van der Waals surface area contributed by atoms with Crippen molar-refractivity contribution < 1.29 is 9.90 Å². The van der Waals surface area contributed by atoms with Crippen molar-refractivity contribution in [2.75, 3.05) is 6.54 Å². The Balaban J connectivity index is 2.19. The highest BCUT2D eigenvalue weighted by Gasteiger charge is 2.33. The number of nitrogens with zero attached hydrogens (tertiary/aromatic N) is 3. The van der Waals surface area contributed by atoms with Crippen LogP contribution in [0.5, 0.6) is 0 Å². The van der Waals surface area contributed by atoms with E-state index in [0.29, 0.717) is 25.3 Å². The van der Waals surface area contributed by atoms with Crippen molar-refractivity contribution in [3.05, 3.63) is 10.4 Å². The molecule has 1 N–H and O–H groups in total. The zero-order valence-electron chi connectivity index (χ0n) is 5.97. The van der Waals surface area contributed by atoms with Gasteiger partial charge in [0, 0.05) is 11.5 Å². The first-order valence-electron chi connectivity index (χ1n) is 3.47. The Morgan fingerprint density at radius 1 is 1.73 bits per heavy atom. The van der Waals surface area contributed by atoms with Crippen molar-refractivity contribution in [2.45, 2.75) is 12.8 Å². The van der Waals surface area contributed by atoms with E-state index in [-0.39, 0.29) is 5.92 Å². The van der Waals surface area contributed by atoms with E-state index in [9.17, 15) is 4.79 Å². The summed E-state index contributed by atoms with van der Waals surface area (Å²) in [6, 6.07) is 0.